The van der Waals surface area contributed by atoms with Crippen LogP contribution >= 0.6 is 0 Å². The molecule has 6 rings (SSSR count). The monoisotopic (exact) mass is 841 g/mol. The largest absolute Gasteiger partial charge is 0.477 e. The molecule has 0 bridgehead atoms. The molecule has 0 fully saturated rings. The number of benzene rings is 3. The number of aromatic carboxylic acids is 2. The van der Waals surface area contributed by atoms with Crippen LogP contribution in [0.25, 0.3) is 11.3 Å². The smallest absolute Gasteiger partial charge is 0.354 e. The normalized spacial score (nSPS) is 9.96. The summed E-state index contributed by atoms with van der Waals surface area (Å²) in [5.41, 5.74) is 14.2. The van der Waals surface area contributed by atoms with Gasteiger partial charge in [0.2, 0.25) is 0 Å². The summed E-state index contributed by atoms with van der Waals surface area (Å²) in [6.07, 6.45) is 4.73. The Balaban J connectivity index is 0.000000290. The van der Waals surface area contributed by atoms with Crippen molar-refractivity contribution in [2.75, 3.05) is 0 Å². The van der Waals surface area contributed by atoms with Crippen LogP contribution in [0.4, 0.5) is 0 Å². The van der Waals surface area contributed by atoms with Crippen LogP contribution in [0.5, 0.6) is 0 Å². The van der Waals surface area contributed by atoms with E-state index in [4.69, 9.17) is 10.2 Å². The van der Waals surface area contributed by atoms with Gasteiger partial charge in [-0.15, -0.1) is 35.3 Å². The fourth-order valence-corrected chi connectivity index (χ4v) is 6.05. The second-order valence-electron chi connectivity index (χ2n) is 11.8. The van der Waals surface area contributed by atoms with Gasteiger partial charge in [-0.2, -0.15) is 0 Å². The molecule has 3 heterocycles. The first kappa shape index (κ1) is 39.2. The van der Waals surface area contributed by atoms with Gasteiger partial charge in [0.15, 0.2) is 6.71 Å². The molecule has 2 N–H and O–H groups in total. The van der Waals surface area contributed by atoms with E-state index in [9.17, 15) is 9.59 Å². The van der Waals surface area contributed by atoms with E-state index in [1.807, 2.05) is 24.4 Å². The van der Waals surface area contributed by atoms with Crippen molar-refractivity contribution in [1.29, 1.82) is 0 Å². The van der Waals surface area contributed by atoms with Crippen molar-refractivity contribution < 1.29 is 39.9 Å². The SMILES string of the molecule is Cc1cc(C)c(B(c2c[c-]c(-c3ccccn3)cc2)c2c(C)cc(C)cc2C)c(C)c1.O=C(O)c1ccccn1.O=C(O)c1ccccn1.[Ir]. The Morgan fingerprint density at radius 1 is 0.580 bits per heavy atom. The maximum absolute atomic E-state index is 10.1. The number of aromatic nitrogens is 3. The summed E-state index contributed by atoms with van der Waals surface area (Å²) in [7, 11) is 0. The summed E-state index contributed by atoms with van der Waals surface area (Å²) in [6.45, 7) is 13.5. The van der Waals surface area contributed by atoms with E-state index in [0.717, 1.165) is 11.3 Å². The molecule has 0 aliphatic heterocycles. The minimum Gasteiger partial charge on any atom is -0.477 e. The van der Waals surface area contributed by atoms with Gasteiger partial charge in [-0.1, -0.05) is 92.8 Å². The maximum atomic E-state index is 10.1. The average Bonchev–Trinajstić information content (AvgIpc) is 3.08. The number of carboxylic acids is 2. The number of aryl methyl sites for hydroxylation is 6. The molecular formula is C41H39BIrN3O4-. The van der Waals surface area contributed by atoms with Gasteiger partial charge >= 0.3 is 11.9 Å². The molecule has 0 aliphatic carbocycles. The van der Waals surface area contributed by atoms with E-state index < -0.39 is 11.9 Å². The second kappa shape index (κ2) is 18.5. The molecule has 9 heteroatoms. The van der Waals surface area contributed by atoms with Gasteiger partial charge in [0, 0.05) is 38.7 Å². The van der Waals surface area contributed by atoms with Crippen LogP contribution in [0.2, 0.25) is 0 Å². The molecular weight excluding hydrogens is 801 g/mol. The molecule has 0 saturated heterocycles. The zero-order valence-corrected chi connectivity index (χ0v) is 31.3. The first-order valence-electron chi connectivity index (χ1n) is 15.8. The van der Waals surface area contributed by atoms with Gasteiger partial charge < -0.3 is 15.2 Å². The molecule has 50 heavy (non-hydrogen) atoms. The van der Waals surface area contributed by atoms with Gasteiger partial charge in [-0.05, 0) is 77.6 Å². The van der Waals surface area contributed by atoms with Crippen LogP contribution in [0.3, 0.4) is 0 Å². The fourth-order valence-electron chi connectivity index (χ4n) is 6.05. The molecule has 1 radical (unpaired) electrons. The summed E-state index contributed by atoms with van der Waals surface area (Å²) < 4.78 is 0. The van der Waals surface area contributed by atoms with Gasteiger partial charge in [-0.25, -0.2) is 19.6 Å². The molecule has 255 valence electrons. The van der Waals surface area contributed by atoms with Crippen molar-refractivity contribution in [3.8, 4) is 11.3 Å². The van der Waals surface area contributed by atoms with Crippen LogP contribution in [-0.2, 0) is 20.1 Å². The molecule has 7 nitrogen and oxygen atoms in total. The Morgan fingerprint density at radius 2 is 1.00 bits per heavy atom. The first-order valence-corrected chi connectivity index (χ1v) is 15.8. The third-order valence-corrected chi connectivity index (χ3v) is 7.93. The number of hydrogen-bond acceptors (Lipinski definition) is 5. The van der Waals surface area contributed by atoms with E-state index in [0.29, 0.717) is 0 Å². The summed E-state index contributed by atoms with van der Waals surface area (Å²) in [6, 6.07) is 34.8. The number of nitrogens with zero attached hydrogens (tertiary/aromatic N) is 3. The van der Waals surface area contributed by atoms with E-state index >= 15 is 0 Å². The predicted molar refractivity (Wildman–Crippen MR) is 197 cm³/mol. The molecule has 3 aromatic carbocycles. The number of carboxylic acid groups (broad SMARTS) is 2. The molecule has 0 unspecified atom stereocenters. The molecule has 0 atom stereocenters. The number of carbonyl (C=O) groups is 2. The van der Waals surface area contributed by atoms with Crippen LogP contribution in [0.1, 0.15) is 54.4 Å². The number of hydrogen-bond donors (Lipinski definition) is 2. The zero-order valence-electron chi connectivity index (χ0n) is 28.9. The maximum Gasteiger partial charge on any atom is 0.354 e. The predicted octanol–water partition coefficient (Wildman–Crippen LogP) is 6.47. The Morgan fingerprint density at radius 3 is 1.30 bits per heavy atom. The van der Waals surface area contributed by atoms with Gasteiger partial charge in [-0.3, -0.25) is 0 Å². The Hall–Kier alpha value is -5.24. The van der Waals surface area contributed by atoms with Crippen LogP contribution in [-0.4, -0.2) is 43.8 Å². The van der Waals surface area contributed by atoms with Crippen molar-refractivity contribution in [3.63, 3.8) is 0 Å². The standard InChI is InChI=1S/C29H29BN.2C6H5NO2.Ir/c1-19-15-21(3)28(22(4)16-19)30(29-23(5)17-20(2)18-24(29)6)26-12-10-25(11-13-26)27-9-7-8-14-31-27;2*8-6(9)5-3-1-2-4-7-5;/h7-10,12-18H,1-6H3;2*1-4H,(H,8,9);/q-1;;;. The second-order valence-corrected chi connectivity index (χ2v) is 11.8. The van der Waals surface area contributed by atoms with Crippen molar-refractivity contribution in [2.45, 2.75) is 41.5 Å². The third-order valence-electron chi connectivity index (χ3n) is 7.93. The summed E-state index contributed by atoms with van der Waals surface area (Å²) in [5, 5.41) is 16.6. The zero-order chi connectivity index (χ0) is 35.5. The van der Waals surface area contributed by atoms with Crippen LogP contribution in [0.15, 0.2) is 116 Å². The molecule has 0 spiro atoms. The molecule has 6 aromatic rings. The number of pyridine rings is 3. The third kappa shape index (κ3) is 10.4. The van der Waals surface area contributed by atoms with E-state index in [1.165, 1.54) is 74.3 Å². The van der Waals surface area contributed by atoms with E-state index in [2.05, 4.69) is 105 Å². The van der Waals surface area contributed by atoms with Gasteiger partial charge in [0.1, 0.15) is 11.4 Å². The van der Waals surface area contributed by atoms with Crippen LogP contribution < -0.4 is 16.4 Å². The van der Waals surface area contributed by atoms with Crippen molar-refractivity contribution in [3.05, 3.63) is 166 Å². The minimum absolute atomic E-state index is 0. The van der Waals surface area contributed by atoms with Gasteiger partial charge in [0.05, 0.1) is 0 Å². The van der Waals surface area contributed by atoms with Crippen molar-refractivity contribution in [1.82, 2.24) is 15.0 Å². The summed E-state index contributed by atoms with van der Waals surface area (Å²) >= 11 is 0. The summed E-state index contributed by atoms with van der Waals surface area (Å²) in [4.78, 5) is 31.9. The molecule has 0 amide bonds. The van der Waals surface area contributed by atoms with Crippen molar-refractivity contribution in [2.24, 2.45) is 0 Å². The van der Waals surface area contributed by atoms with E-state index in [1.54, 1.807) is 24.3 Å². The summed E-state index contributed by atoms with van der Waals surface area (Å²) in [5.74, 6) is -1.98. The van der Waals surface area contributed by atoms with Gasteiger partial charge in [0.25, 0.3) is 0 Å². The first-order chi connectivity index (χ1) is 23.5. The Labute approximate surface area is 308 Å². The molecule has 3 aromatic heterocycles. The minimum atomic E-state index is -0.990. The average molecular weight is 841 g/mol. The topological polar surface area (TPSA) is 113 Å². The Bertz CT molecular complexity index is 1870. The quantitative estimate of drug-likeness (QED) is 0.146. The van der Waals surface area contributed by atoms with Crippen LogP contribution in [0, 0.1) is 47.6 Å². The molecule has 0 saturated carbocycles. The fraction of sp³-hybridized carbons (Fsp3) is 0.146. The number of rotatable bonds is 6. The Kier molecular flexibility index (Phi) is 14.5. The van der Waals surface area contributed by atoms with E-state index in [-0.39, 0.29) is 38.2 Å². The van der Waals surface area contributed by atoms with Crippen molar-refractivity contribution >= 4 is 35.0 Å². The molecule has 0 aliphatic rings.